The number of fused-ring (bicyclic) bond motifs is 3. The average molecular weight is 449 g/mol. The number of nitrogens with one attached hydrogen (secondary N) is 1. The van der Waals surface area contributed by atoms with Crippen molar-refractivity contribution in [2.24, 2.45) is 5.41 Å². The minimum atomic E-state index is -0.0907. The van der Waals surface area contributed by atoms with Gasteiger partial charge in [-0.05, 0) is 113 Å². The zero-order valence-electron chi connectivity index (χ0n) is 19.3. The van der Waals surface area contributed by atoms with Crippen LogP contribution in [0, 0.1) is 5.41 Å². The predicted octanol–water partition coefficient (Wildman–Crippen LogP) is 6.11. The number of H-pyrrole nitrogens is 1. The van der Waals surface area contributed by atoms with Crippen molar-refractivity contribution < 1.29 is 5.11 Å². The molecule has 7 rings (SSSR count). The van der Waals surface area contributed by atoms with Gasteiger partial charge in [0.25, 0.3) is 5.56 Å². The van der Waals surface area contributed by atoms with Gasteiger partial charge in [0.1, 0.15) is 5.75 Å². The summed E-state index contributed by atoms with van der Waals surface area (Å²) >= 11 is 0. The molecule has 1 saturated carbocycles. The highest BCUT2D eigenvalue weighted by molar-refractivity contribution is 5.87. The molecule has 2 N–H and O–H groups in total. The quantitative estimate of drug-likeness (QED) is 0.389. The Bertz CT molecular complexity index is 1530. The van der Waals surface area contributed by atoms with Crippen molar-refractivity contribution in [2.75, 3.05) is 0 Å². The van der Waals surface area contributed by atoms with Gasteiger partial charge < -0.3 is 10.1 Å². The van der Waals surface area contributed by atoms with Crippen LogP contribution in [0.5, 0.6) is 5.75 Å². The molecule has 1 fully saturated rings. The van der Waals surface area contributed by atoms with Gasteiger partial charge in [0, 0.05) is 0 Å². The Kier molecular flexibility index (Phi) is 4.30. The Morgan fingerprint density at radius 1 is 0.794 bits per heavy atom. The second-order valence-electron chi connectivity index (χ2n) is 10.6. The minimum Gasteiger partial charge on any atom is -0.508 e. The number of phenolic OH excluding ortho intramolecular Hbond substituents is 1. The maximum absolute atomic E-state index is 12.5. The molecule has 0 amide bonds. The van der Waals surface area contributed by atoms with Crippen LogP contribution in [0.2, 0.25) is 0 Å². The molecular formula is C30H28N2O2. The Morgan fingerprint density at radius 3 is 2.35 bits per heavy atom. The number of hydrogen-bond donors (Lipinski definition) is 2. The van der Waals surface area contributed by atoms with E-state index in [2.05, 4.69) is 34.2 Å². The van der Waals surface area contributed by atoms with Gasteiger partial charge in [-0.2, -0.15) is 0 Å². The minimum absolute atomic E-state index is 0.0907. The van der Waals surface area contributed by atoms with E-state index in [4.69, 9.17) is 0 Å². The summed E-state index contributed by atoms with van der Waals surface area (Å²) in [7, 11) is 0. The first-order chi connectivity index (χ1) is 16.6. The van der Waals surface area contributed by atoms with Gasteiger partial charge in [0.15, 0.2) is 0 Å². The van der Waals surface area contributed by atoms with E-state index in [0.29, 0.717) is 16.6 Å². The summed E-state index contributed by atoms with van der Waals surface area (Å²) < 4.78 is 0. The molecule has 3 aliphatic rings. The van der Waals surface area contributed by atoms with Gasteiger partial charge in [0.05, 0.1) is 17.2 Å². The summed E-state index contributed by atoms with van der Waals surface area (Å²) in [5.74, 6) is 0.451. The van der Waals surface area contributed by atoms with Crippen LogP contribution in [0.1, 0.15) is 54.4 Å². The van der Waals surface area contributed by atoms with Crippen molar-refractivity contribution in [1.29, 1.82) is 0 Å². The van der Waals surface area contributed by atoms with Crippen LogP contribution in [-0.2, 0) is 25.7 Å². The molecule has 0 saturated heterocycles. The number of aromatic amines is 1. The van der Waals surface area contributed by atoms with Crippen LogP contribution in [0.25, 0.3) is 33.2 Å². The van der Waals surface area contributed by atoms with Crippen LogP contribution >= 0.6 is 0 Å². The van der Waals surface area contributed by atoms with Crippen LogP contribution in [0.3, 0.4) is 0 Å². The Hall–Kier alpha value is -3.40. The summed E-state index contributed by atoms with van der Waals surface area (Å²) in [6.45, 7) is 0. The molecule has 0 aliphatic heterocycles. The SMILES string of the molecule is O=c1[nH]cnc2ccc(-c3ccc(-c4ccc(O)c5c4CCC5)c4c3CC3(CCCC3)C4)cc12. The lowest BCUT2D eigenvalue weighted by atomic mass is 9.82. The van der Waals surface area contributed by atoms with Crippen LogP contribution in [0.4, 0.5) is 0 Å². The highest BCUT2D eigenvalue weighted by Crippen LogP contribution is 2.53. The number of aromatic nitrogens is 2. The van der Waals surface area contributed by atoms with E-state index in [1.807, 2.05) is 18.2 Å². The number of hydrogen-bond acceptors (Lipinski definition) is 3. The molecule has 0 radical (unpaired) electrons. The van der Waals surface area contributed by atoms with Gasteiger partial charge >= 0.3 is 0 Å². The first kappa shape index (κ1) is 20.0. The molecule has 170 valence electrons. The third kappa shape index (κ3) is 2.91. The van der Waals surface area contributed by atoms with E-state index in [0.717, 1.165) is 48.7 Å². The molecule has 34 heavy (non-hydrogen) atoms. The van der Waals surface area contributed by atoms with Gasteiger partial charge in [-0.25, -0.2) is 4.98 Å². The van der Waals surface area contributed by atoms with Gasteiger partial charge in [-0.3, -0.25) is 4.79 Å². The Morgan fingerprint density at radius 2 is 1.50 bits per heavy atom. The van der Waals surface area contributed by atoms with Crippen molar-refractivity contribution in [3.8, 4) is 28.0 Å². The molecule has 1 heterocycles. The van der Waals surface area contributed by atoms with Crippen molar-refractivity contribution in [3.63, 3.8) is 0 Å². The van der Waals surface area contributed by atoms with Gasteiger partial charge in [-0.15, -0.1) is 0 Å². The molecule has 0 bridgehead atoms. The average Bonchev–Trinajstić information content (AvgIpc) is 3.60. The second kappa shape index (κ2) is 7.30. The maximum atomic E-state index is 12.5. The zero-order valence-corrected chi connectivity index (χ0v) is 19.3. The largest absolute Gasteiger partial charge is 0.508 e. The van der Waals surface area contributed by atoms with Crippen molar-refractivity contribution >= 4 is 10.9 Å². The molecule has 0 atom stereocenters. The van der Waals surface area contributed by atoms with Gasteiger partial charge in [0.2, 0.25) is 0 Å². The van der Waals surface area contributed by atoms with E-state index < -0.39 is 0 Å². The smallest absolute Gasteiger partial charge is 0.258 e. The second-order valence-corrected chi connectivity index (χ2v) is 10.6. The number of rotatable bonds is 2. The van der Waals surface area contributed by atoms with E-state index in [1.54, 1.807) is 0 Å². The summed E-state index contributed by atoms with van der Waals surface area (Å²) in [6.07, 6.45) is 12.1. The monoisotopic (exact) mass is 448 g/mol. The first-order valence-electron chi connectivity index (χ1n) is 12.6. The third-order valence-electron chi connectivity index (χ3n) is 8.70. The van der Waals surface area contributed by atoms with Crippen LogP contribution in [0.15, 0.2) is 53.6 Å². The Balaban J connectivity index is 1.44. The number of aromatic hydroxyl groups is 1. The number of phenols is 1. The normalized spacial score (nSPS) is 18.0. The van der Waals surface area contributed by atoms with E-state index >= 15 is 0 Å². The molecule has 0 unspecified atom stereocenters. The molecule has 4 aromatic rings. The van der Waals surface area contributed by atoms with Crippen LogP contribution < -0.4 is 5.56 Å². The van der Waals surface area contributed by atoms with E-state index in [1.165, 1.54) is 65.4 Å². The molecule has 3 aliphatic carbocycles. The zero-order chi connectivity index (χ0) is 22.9. The standard InChI is InChI=1S/C30H28N2O2/c33-28-11-9-21(20-4-3-5-23(20)28)22-8-7-19(25-15-30(16-26(22)25)12-1-2-13-30)18-6-10-27-24(14-18)29(34)32-17-31-27/h6-11,14,17,33H,1-5,12-13,15-16H2,(H,31,32,34). The van der Waals surface area contributed by atoms with E-state index in [-0.39, 0.29) is 5.56 Å². The molecular weight excluding hydrogens is 420 g/mol. The van der Waals surface area contributed by atoms with Crippen molar-refractivity contribution in [3.05, 3.63) is 81.4 Å². The molecule has 4 heteroatoms. The van der Waals surface area contributed by atoms with E-state index in [9.17, 15) is 9.90 Å². The molecule has 4 nitrogen and oxygen atoms in total. The summed E-state index contributed by atoms with van der Waals surface area (Å²) in [5, 5.41) is 11.1. The highest BCUT2D eigenvalue weighted by Gasteiger charge is 2.41. The summed E-state index contributed by atoms with van der Waals surface area (Å²) in [5.41, 5.74) is 11.4. The fourth-order valence-corrected chi connectivity index (χ4v) is 7.09. The Labute approximate surface area is 198 Å². The highest BCUT2D eigenvalue weighted by atomic mass is 16.3. The fraction of sp³-hybridized carbons (Fsp3) is 0.333. The lowest BCUT2D eigenvalue weighted by molar-refractivity contribution is 0.318. The van der Waals surface area contributed by atoms with Crippen LogP contribution in [-0.4, -0.2) is 15.1 Å². The molecule has 3 aromatic carbocycles. The lowest BCUT2D eigenvalue weighted by Gasteiger charge is -2.22. The topological polar surface area (TPSA) is 66.0 Å². The number of benzene rings is 3. The summed E-state index contributed by atoms with van der Waals surface area (Å²) in [4.78, 5) is 19.5. The third-order valence-corrected chi connectivity index (χ3v) is 8.70. The molecule has 1 spiro atoms. The lowest BCUT2D eigenvalue weighted by Crippen LogP contribution is -2.15. The first-order valence-corrected chi connectivity index (χ1v) is 12.6. The predicted molar refractivity (Wildman–Crippen MR) is 135 cm³/mol. The fourth-order valence-electron chi connectivity index (χ4n) is 7.09. The van der Waals surface area contributed by atoms with Crippen molar-refractivity contribution in [1.82, 2.24) is 9.97 Å². The van der Waals surface area contributed by atoms with Crippen molar-refractivity contribution in [2.45, 2.75) is 57.8 Å². The maximum Gasteiger partial charge on any atom is 0.258 e. The number of nitrogens with zero attached hydrogens (tertiary/aromatic N) is 1. The molecule has 1 aromatic heterocycles. The summed E-state index contributed by atoms with van der Waals surface area (Å²) in [6, 6.07) is 14.7. The van der Waals surface area contributed by atoms with Gasteiger partial charge in [-0.1, -0.05) is 37.1 Å².